The highest BCUT2D eigenvalue weighted by Gasteiger charge is 2.01. The van der Waals surface area contributed by atoms with Gasteiger partial charge in [-0.05, 0) is 13.3 Å². The molecular formula is C7H11ClN2S. The average molecular weight is 191 g/mol. The molecule has 1 N–H and O–H groups in total. The molecule has 1 atom stereocenters. The van der Waals surface area contributed by atoms with Crippen LogP contribution in [0.4, 0.5) is 5.13 Å². The van der Waals surface area contributed by atoms with Crippen molar-refractivity contribution < 1.29 is 0 Å². The van der Waals surface area contributed by atoms with E-state index in [4.69, 9.17) is 11.6 Å². The Labute approximate surface area is 75.6 Å². The summed E-state index contributed by atoms with van der Waals surface area (Å²) in [5, 5.41) is 6.17. The molecule has 62 valence electrons. The Morgan fingerprint density at radius 3 is 3.18 bits per heavy atom. The lowest BCUT2D eigenvalue weighted by Gasteiger charge is -2.09. The Balaban J connectivity index is 2.31. The van der Waals surface area contributed by atoms with Crippen molar-refractivity contribution in [2.24, 2.45) is 0 Å². The number of aromatic nitrogens is 1. The number of nitrogens with zero attached hydrogens (tertiary/aromatic N) is 1. The van der Waals surface area contributed by atoms with Crippen molar-refractivity contribution in [3.63, 3.8) is 0 Å². The first kappa shape index (κ1) is 8.81. The fraction of sp³-hybridized carbons (Fsp3) is 0.571. The lowest BCUT2D eigenvalue weighted by Crippen LogP contribution is -2.14. The van der Waals surface area contributed by atoms with E-state index in [0.717, 1.165) is 11.6 Å². The fourth-order valence-corrected chi connectivity index (χ4v) is 1.71. The van der Waals surface area contributed by atoms with Crippen molar-refractivity contribution >= 4 is 28.1 Å². The van der Waals surface area contributed by atoms with Gasteiger partial charge in [-0.25, -0.2) is 4.98 Å². The monoisotopic (exact) mass is 190 g/mol. The molecule has 2 nitrogen and oxygen atoms in total. The first-order valence-electron chi connectivity index (χ1n) is 3.55. The Bertz CT molecular complexity index is 188. The second kappa shape index (κ2) is 4.57. The second-order valence-electron chi connectivity index (χ2n) is 2.36. The van der Waals surface area contributed by atoms with E-state index in [1.807, 2.05) is 5.38 Å². The molecule has 0 aliphatic carbocycles. The van der Waals surface area contributed by atoms with Crippen LogP contribution >= 0.6 is 22.9 Å². The molecule has 0 aliphatic rings. The average Bonchev–Trinajstić information content (AvgIpc) is 2.40. The van der Waals surface area contributed by atoms with E-state index in [1.165, 1.54) is 0 Å². The maximum absolute atomic E-state index is 5.58. The van der Waals surface area contributed by atoms with Gasteiger partial charge in [0.2, 0.25) is 0 Å². The minimum absolute atomic E-state index is 0.415. The molecule has 0 spiro atoms. The van der Waals surface area contributed by atoms with E-state index in [2.05, 4.69) is 17.2 Å². The van der Waals surface area contributed by atoms with Crippen molar-refractivity contribution in [3.05, 3.63) is 11.6 Å². The molecule has 0 fully saturated rings. The first-order chi connectivity index (χ1) is 5.33. The van der Waals surface area contributed by atoms with Crippen LogP contribution in [0, 0.1) is 0 Å². The highest BCUT2D eigenvalue weighted by atomic mass is 35.5. The predicted octanol–water partition coefficient (Wildman–Crippen LogP) is 2.57. The van der Waals surface area contributed by atoms with Crippen molar-refractivity contribution in [1.29, 1.82) is 0 Å². The summed E-state index contributed by atoms with van der Waals surface area (Å²) >= 11 is 7.19. The minimum Gasteiger partial charge on any atom is -0.359 e. The molecule has 1 aromatic heterocycles. The third-order valence-electron chi connectivity index (χ3n) is 1.34. The lowest BCUT2D eigenvalue weighted by molar-refractivity contribution is 0.767. The van der Waals surface area contributed by atoms with E-state index in [1.54, 1.807) is 17.5 Å². The molecule has 0 bridgehead atoms. The third kappa shape index (κ3) is 3.08. The fourth-order valence-electron chi connectivity index (χ4n) is 0.741. The van der Waals surface area contributed by atoms with Gasteiger partial charge in [0.1, 0.15) is 0 Å². The SMILES string of the molecule is CC(CCCl)Nc1nccs1. The minimum atomic E-state index is 0.415. The highest BCUT2D eigenvalue weighted by molar-refractivity contribution is 7.13. The van der Waals surface area contributed by atoms with Crippen LogP contribution < -0.4 is 5.32 Å². The highest BCUT2D eigenvalue weighted by Crippen LogP contribution is 2.12. The van der Waals surface area contributed by atoms with E-state index < -0.39 is 0 Å². The van der Waals surface area contributed by atoms with Crippen molar-refractivity contribution in [2.45, 2.75) is 19.4 Å². The van der Waals surface area contributed by atoms with Gasteiger partial charge in [0.15, 0.2) is 5.13 Å². The number of halogens is 1. The Morgan fingerprint density at radius 1 is 1.82 bits per heavy atom. The summed E-state index contributed by atoms with van der Waals surface area (Å²) < 4.78 is 0. The standard InChI is InChI=1S/C7H11ClN2S/c1-6(2-3-8)10-7-9-4-5-11-7/h4-6H,2-3H2,1H3,(H,9,10). The number of hydrogen-bond acceptors (Lipinski definition) is 3. The molecule has 4 heteroatoms. The van der Waals surface area contributed by atoms with Gasteiger partial charge in [-0.2, -0.15) is 0 Å². The van der Waals surface area contributed by atoms with Crippen molar-refractivity contribution in [1.82, 2.24) is 4.98 Å². The Hall–Kier alpha value is -0.280. The normalized spacial score (nSPS) is 12.9. The molecule has 0 saturated heterocycles. The van der Waals surface area contributed by atoms with Gasteiger partial charge in [0.25, 0.3) is 0 Å². The van der Waals surface area contributed by atoms with E-state index in [0.29, 0.717) is 11.9 Å². The Morgan fingerprint density at radius 2 is 2.64 bits per heavy atom. The van der Waals surface area contributed by atoms with Gasteiger partial charge in [-0.15, -0.1) is 22.9 Å². The summed E-state index contributed by atoms with van der Waals surface area (Å²) in [4.78, 5) is 4.10. The van der Waals surface area contributed by atoms with Crippen molar-refractivity contribution in [3.8, 4) is 0 Å². The smallest absolute Gasteiger partial charge is 0.182 e. The number of thiazole rings is 1. The molecule has 1 unspecified atom stereocenters. The number of anilines is 1. The van der Waals surface area contributed by atoms with Gasteiger partial charge in [-0.3, -0.25) is 0 Å². The summed E-state index contributed by atoms with van der Waals surface area (Å²) in [5.74, 6) is 0.694. The molecule has 11 heavy (non-hydrogen) atoms. The maximum atomic E-state index is 5.58. The topological polar surface area (TPSA) is 24.9 Å². The summed E-state index contributed by atoms with van der Waals surface area (Å²) in [5.41, 5.74) is 0. The van der Waals surface area contributed by atoms with Crippen LogP contribution in [0.15, 0.2) is 11.6 Å². The largest absolute Gasteiger partial charge is 0.359 e. The molecule has 1 aromatic rings. The zero-order valence-electron chi connectivity index (χ0n) is 6.38. The number of alkyl halides is 1. The summed E-state index contributed by atoms with van der Waals surface area (Å²) in [6.07, 6.45) is 2.77. The van der Waals surface area contributed by atoms with E-state index >= 15 is 0 Å². The molecule has 0 aliphatic heterocycles. The molecule has 0 amide bonds. The zero-order chi connectivity index (χ0) is 8.10. The molecule has 0 radical (unpaired) electrons. The van der Waals surface area contributed by atoms with Gasteiger partial charge in [-0.1, -0.05) is 0 Å². The van der Waals surface area contributed by atoms with Gasteiger partial charge < -0.3 is 5.32 Å². The summed E-state index contributed by atoms with van der Waals surface area (Å²) in [6, 6.07) is 0.415. The van der Waals surface area contributed by atoms with Crippen LogP contribution in [0.25, 0.3) is 0 Å². The van der Waals surface area contributed by atoms with Crippen LogP contribution in [-0.2, 0) is 0 Å². The summed E-state index contributed by atoms with van der Waals surface area (Å²) in [6.45, 7) is 2.10. The van der Waals surface area contributed by atoms with Crippen LogP contribution in [0.3, 0.4) is 0 Å². The third-order valence-corrected chi connectivity index (χ3v) is 2.27. The van der Waals surface area contributed by atoms with Crippen LogP contribution in [-0.4, -0.2) is 16.9 Å². The van der Waals surface area contributed by atoms with Gasteiger partial charge in [0, 0.05) is 23.5 Å². The molecule has 0 saturated carbocycles. The molecule has 1 rings (SSSR count). The second-order valence-corrected chi connectivity index (χ2v) is 3.63. The van der Waals surface area contributed by atoms with E-state index in [9.17, 15) is 0 Å². The molecular weight excluding hydrogens is 180 g/mol. The molecule has 1 heterocycles. The summed E-state index contributed by atoms with van der Waals surface area (Å²) in [7, 11) is 0. The van der Waals surface area contributed by atoms with Crippen LogP contribution in [0.1, 0.15) is 13.3 Å². The maximum Gasteiger partial charge on any atom is 0.182 e. The van der Waals surface area contributed by atoms with Crippen molar-refractivity contribution in [2.75, 3.05) is 11.2 Å². The van der Waals surface area contributed by atoms with Crippen LogP contribution in [0.2, 0.25) is 0 Å². The van der Waals surface area contributed by atoms with E-state index in [-0.39, 0.29) is 0 Å². The lowest BCUT2D eigenvalue weighted by atomic mass is 10.3. The number of hydrogen-bond donors (Lipinski definition) is 1. The van der Waals surface area contributed by atoms with Gasteiger partial charge in [0.05, 0.1) is 0 Å². The first-order valence-corrected chi connectivity index (χ1v) is 4.96. The van der Waals surface area contributed by atoms with Gasteiger partial charge >= 0.3 is 0 Å². The zero-order valence-corrected chi connectivity index (χ0v) is 7.95. The number of nitrogens with one attached hydrogen (secondary N) is 1. The quantitative estimate of drug-likeness (QED) is 0.739. The Kier molecular flexibility index (Phi) is 3.66. The predicted molar refractivity (Wildman–Crippen MR) is 50.5 cm³/mol. The number of rotatable bonds is 4. The van der Waals surface area contributed by atoms with Crippen LogP contribution in [0.5, 0.6) is 0 Å². The molecule has 0 aromatic carbocycles.